The highest BCUT2D eigenvalue weighted by molar-refractivity contribution is 5.89. The lowest BCUT2D eigenvalue weighted by Gasteiger charge is -2.20. The van der Waals surface area contributed by atoms with E-state index in [1.165, 1.54) is 74.5 Å². The minimum atomic E-state index is -1.37. The molecule has 2 heterocycles. The zero-order valence-corrected chi connectivity index (χ0v) is 26.4. The molecule has 0 fully saturated rings. The Balaban J connectivity index is 1.34. The average molecular weight is 675 g/mol. The highest BCUT2D eigenvalue weighted by Gasteiger charge is 2.32. The third-order valence-electron chi connectivity index (χ3n) is 7.54. The molecular formula is C38H26O12. The second kappa shape index (κ2) is 13.6. The van der Waals surface area contributed by atoms with E-state index in [2.05, 4.69) is 0 Å². The molecule has 0 amide bonds. The number of para-hydroxylation sites is 2. The van der Waals surface area contributed by atoms with Gasteiger partial charge in [0.25, 0.3) is 0 Å². The standard InChI is InChI=1S/C38H26O12/c1-20(39)46-29-17-11-22(19-30(29)47-21(2)40)12-18-31(41)48-24-15-13-23(14-16-24)32(33-35(42)25-7-3-5-9-27(25)49-37(33)44)34-36(43)26-8-4-6-10-28(26)50-38(34)45/h3-19,32,42-43H,1-2H3/b18-12+. The summed E-state index contributed by atoms with van der Waals surface area (Å²) in [6.45, 7) is 2.38. The average Bonchev–Trinajstić information content (AvgIpc) is 3.07. The number of ether oxygens (including phenoxy) is 3. The molecule has 6 rings (SSSR count). The van der Waals surface area contributed by atoms with Crippen LogP contribution in [0.4, 0.5) is 0 Å². The summed E-state index contributed by atoms with van der Waals surface area (Å²) in [4.78, 5) is 62.4. The van der Waals surface area contributed by atoms with E-state index in [1.54, 1.807) is 36.4 Å². The van der Waals surface area contributed by atoms with Crippen LogP contribution >= 0.6 is 0 Å². The van der Waals surface area contributed by atoms with E-state index in [9.17, 15) is 34.2 Å². The molecule has 12 nitrogen and oxygen atoms in total. The fourth-order valence-corrected chi connectivity index (χ4v) is 5.43. The lowest BCUT2D eigenvalue weighted by molar-refractivity contribution is -0.134. The molecule has 250 valence electrons. The Kier molecular flexibility index (Phi) is 9.00. The molecule has 50 heavy (non-hydrogen) atoms. The van der Waals surface area contributed by atoms with Crippen molar-refractivity contribution < 1.29 is 47.6 Å². The molecule has 0 radical (unpaired) electrons. The summed E-state index contributed by atoms with van der Waals surface area (Å²) < 4.78 is 26.6. The Bertz CT molecular complexity index is 2350. The van der Waals surface area contributed by atoms with Gasteiger partial charge < -0.3 is 33.3 Å². The number of benzene rings is 4. The largest absolute Gasteiger partial charge is 0.507 e. The quantitative estimate of drug-likeness (QED) is 0.0838. The van der Waals surface area contributed by atoms with Crippen molar-refractivity contribution in [3.8, 4) is 28.7 Å². The number of carbonyl (C=O) groups excluding carboxylic acids is 3. The number of rotatable bonds is 8. The maximum atomic E-state index is 13.4. The van der Waals surface area contributed by atoms with Crippen LogP contribution in [-0.4, -0.2) is 28.1 Å². The van der Waals surface area contributed by atoms with Crippen molar-refractivity contribution in [2.75, 3.05) is 0 Å². The van der Waals surface area contributed by atoms with Gasteiger partial charge in [-0.1, -0.05) is 42.5 Å². The highest BCUT2D eigenvalue weighted by atomic mass is 16.6. The monoisotopic (exact) mass is 674 g/mol. The maximum Gasteiger partial charge on any atom is 0.344 e. The van der Waals surface area contributed by atoms with E-state index in [0.717, 1.165) is 6.08 Å². The summed E-state index contributed by atoms with van der Waals surface area (Å²) in [5.41, 5.74) is -1.62. The lowest BCUT2D eigenvalue weighted by atomic mass is 9.84. The number of hydrogen-bond acceptors (Lipinski definition) is 12. The minimum absolute atomic E-state index is 0.0219. The topological polar surface area (TPSA) is 180 Å². The minimum Gasteiger partial charge on any atom is -0.507 e. The smallest absolute Gasteiger partial charge is 0.344 e. The molecule has 0 unspecified atom stereocenters. The lowest BCUT2D eigenvalue weighted by Crippen LogP contribution is -2.21. The van der Waals surface area contributed by atoms with Crippen LogP contribution in [-0.2, 0) is 14.4 Å². The van der Waals surface area contributed by atoms with Gasteiger partial charge >= 0.3 is 29.2 Å². The van der Waals surface area contributed by atoms with Crippen LogP contribution in [0.15, 0.2) is 115 Å². The second-order valence-corrected chi connectivity index (χ2v) is 10.9. The molecule has 0 saturated carbocycles. The van der Waals surface area contributed by atoms with Crippen LogP contribution in [0.5, 0.6) is 28.7 Å². The molecule has 0 aliphatic heterocycles. The van der Waals surface area contributed by atoms with E-state index in [-0.39, 0.29) is 55.9 Å². The van der Waals surface area contributed by atoms with Gasteiger partial charge in [0, 0.05) is 19.9 Å². The third-order valence-corrected chi connectivity index (χ3v) is 7.54. The predicted octanol–water partition coefficient (Wildman–Crippen LogP) is 5.96. The maximum absolute atomic E-state index is 13.4. The number of esters is 3. The molecule has 2 N–H and O–H groups in total. The van der Waals surface area contributed by atoms with Crippen LogP contribution in [0.1, 0.15) is 42.0 Å². The van der Waals surface area contributed by atoms with Gasteiger partial charge in [-0.2, -0.15) is 0 Å². The molecule has 0 aliphatic carbocycles. The Morgan fingerprint density at radius 3 is 1.72 bits per heavy atom. The molecular weight excluding hydrogens is 648 g/mol. The van der Waals surface area contributed by atoms with Crippen LogP contribution in [0.2, 0.25) is 0 Å². The fraction of sp³-hybridized carbons (Fsp3) is 0.0789. The van der Waals surface area contributed by atoms with Crippen molar-refractivity contribution in [2.24, 2.45) is 0 Å². The first-order chi connectivity index (χ1) is 24.0. The summed E-state index contributed by atoms with van der Waals surface area (Å²) in [6, 6.07) is 22.7. The van der Waals surface area contributed by atoms with Crippen molar-refractivity contribution in [3.05, 3.63) is 140 Å². The van der Waals surface area contributed by atoms with E-state index in [4.69, 9.17) is 23.0 Å². The van der Waals surface area contributed by atoms with E-state index < -0.39 is 46.6 Å². The molecule has 0 atom stereocenters. The predicted molar refractivity (Wildman–Crippen MR) is 179 cm³/mol. The fourth-order valence-electron chi connectivity index (χ4n) is 5.43. The number of carbonyl (C=O) groups is 3. The molecule has 12 heteroatoms. The third kappa shape index (κ3) is 6.71. The Morgan fingerprint density at radius 2 is 1.18 bits per heavy atom. The van der Waals surface area contributed by atoms with Gasteiger partial charge in [0.15, 0.2) is 11.5 Å². The van der Waals surface area contributed by atoms with E-state index in [1.807, 2.05) is 0 Å². The molecule has 0 spiro atoms. The summed E-state index contributed by atoms with van der Waals surface area (Å²) in [6.07, 6.45) is 2.51. The van der Waals surface area contributed by atoms with Gasteiger partial charge in [-0.25, -0.2) is 14.4 Å². The normalized spacial score (nSPS) is 11.3. The van der Waals surface area contributed by atoms with Gasteiger partial charge in [0.05, 0.1) is 27.8 Å². The van der Waals surface area contributed by atoms with Crippen molar-refractivity contribution in [3.63, 3.8) is 0 Å². The highest BCUT2D eigenvalue weighted by Crippen LogP contribution is 2.42. The first-order valence-corrected chi connectivity index (χ1v) is 15.0. The van der Waals surface area contributed by atoms with Crippen molar-refractivity contribution in [1.29, 1.82) is 0 Å². The Labute approximate surface area is 282 Å². The summed E-state index contributed by atoms with van der Waals surface area (Å²) >= 11 is 0. The molecule has 0 saturated heterocycles. The second-order valence-electron chi connectivity index (χ2n) is 10.9. The van der Waals surface area contributed by atoms with Gasteiger partial charge in [-0.15, -0.1) is 0 Å². The number of fused-ring (bicyclic) bond motifs is 2. The Hall–Kier alpha value is -6.95. The van der Waals surface area contributed by atoms with Crippen molar-refractivity contribution in [2.45, 2.75) is 19.8 Å². The zero-order chi connectivity index (χ0) is 35.5. The summed E-state index contributed by atoms with van der Waals surface area (Å²) in [5, 5.41) is 23.1. The summed E-state index contributed by atoms with van der Waals surface area (Å²) in [7, 11) is 0. The Morgan fingerprint density at radius 1 is 0.660 bits per heavy atom. The van der Waals surface area contributed by atoms with Crippen LogP contribution in [0.3, 0.4) is 0 Å². The van der Waals surface area contributed by atoms with E-state index >= 15 is 0 Å². The molecule has 2 aromatic heterocycles. The SMILES string of the molecule is CC(=O)Oc1ccc(/C=C/C(=O)Oc2ccc(C(c3c(O)c4ccccc4oc3=O)c3c(O)c4ccccc4oc3=O)cc2)cc1OC(C)=O. The molecule has 4 aromatic carbocycles. The van der Waals surface area contributed by atoms with E-state index in [0.29, 0.717) is 5.56 Å². The van der Waals surface area contributed by atoms with Gasteiger partial charge in [0.1, 0.15) is 28.4 Å². The first kappa shape index (κ1) is 33.0. The number of hydrogen-bond donors (Lipinski definition) is 2. The molecule has 0 aliphatic rings. The van der Waals surface area contributed by atoms with Gasteiger partial charge in [-0.3, -0.25) is 9.59 Å². The number of aromatic hydroxyl groups is 2. The van der Waals surface area contributed by atoms with Crippen LogP contribution < -0.4 is 25.5 Å². The molecule has 6 aromatic rings. The first-order valence-electron chi connectivity index (χ1n) is 15.0. The summed E-state index contributed by atoms with van der Waals surface area (Å²) in [5.74, 6) is -4.23. The zero-order valence-electron chi connectivity index (χ0n) is 26.4. The van der Waals surface area contributed by atoms with Gasteiger partial charge in [-0.05, 0) is 65.7 Å². The van der Waals surface area contributed by atoms with Crippen molar-refractivity contribution in [1.82, 2.24) is 0 Å². The van der Waals surface area contributed by atoms with Crippen molar-refractivity contribution >= 4 is 45.9 Å². The van der Waals surface area contributed by atoms with Crippen LogP contribution in [0.25, 0.3) is 28.0 Å². The van der Waals surface area contributed by atoms with Crippen LogP contribution in [0, 0.1) is 0 Å². The van der Waals surface area contributed by atoms with Gasteiger partial charge in [0.2, 0.25) is 0 Å². The molecule has 0 bridgehead atoms.